The lowest BCUT2D eigenvalue weighted by Crippen LogP contribution is -1.98. The number of nitrogens with zero attached hydrogens (tertiary/aromatic N) is 1. The summed E-state index contributed by atoms with van der Waals surface area (Å²) in [6.07, 6.45) is 0.00796. The molecule has 0 bridgehead atoms. The van der Waals surface area contributed by atoms with Crippen LogP contribution in [0.4, 0.5) is 11.4 Å². The maximum Gasteiger partial charge on any atom is 0.308 e. The number of aliphatic carboxylic acids is 1. The number of carboxylic acid groups (broad SMARTS) is 1. The van der Waals surface area contributed by atoms with Crippen LogP contribution in [0.15, 0.2) is 30.3 Å². The number of hydrogen-bond acceptors (Lipinski definition) is 5. The van der Waals surface area contributed by atoms with E-state index in [9.17, 15) is 14.9 Å². The third kappa shape index (κ3) is 4.17. The summed E-state index contributed by atoms with van der Waals surface area (Å²) in [6, 6.07) is 8.04. The topological polar surface area (TPSA) is 92.5 Å². The summed E-state index contributed by atoms with van der Waals surface area (Å²) in [5, 5.41) is 22.5. The number of thiophene rings is 1. The molecule has 2 aromatic rings. The number of hydrogen-bond donors (Lipinski definition) is 2. The average molecular weight is 327 g/mol. The molecule has 0 aliphatic carbocycles. The van der Waals surface area contributed by atoms with E-state index in [1.807, 2.05) is 6.07 Å². The van der Waals surface area contributed by atoms with Crippen molar-refractivity contribution in [3.8, 4) is 0 Å². The van der Waals surface area contributed by atoms with Crippen LogP contribution in [0.2, 0.25) is 5.02 Å². The van der Waals surface area contributed by atoms with E-state index in [1.54, 1.807) is 12.1 Å². The molecule has 110 valence electrons. The molecule has 1 heterocycles. The molecule has 8 heteroatoms. The van der Waals surface area contributed by atoms with Crippen molar-refractivity contribution in [1.29, 1.82) is 0 Å². The lowest BCUT2D eigenvalue weighted by Gasteiger charge is -2.05. The zero-order valence-corrected chi connectivity index (χ0v) is 12.3. The Morgan fingerprint density at radius 3 is 2.67 bits per heavy atom. The second kappa shape index (κ2) is 6.55. The van der Waals surface area contributed by atoms with Crippen molar-refractivity contribution in [3.05, 3.63) is 55.2 Å². The summed E-state index contributed by atoms with van der Waals surface area (Å²) in [5.41, 5.74) is 0.529. The quantitative estimate of drug-likeness (QED) is 0.625. The average Bonchev–Trinajstić information content (AvgIpc) is 2.82. The number of nitro groups is 1. The second-order valence-electron chi connectivity index (χ2n) is 4.22. The Labute approximate surface area is 129 Å². The van der Waals surface area contributed by atoms with Crippen molar-refractivity contribution >= 4 is 40.3 Å². The van der Waals surface area contributed by atoms with Crippen molar-refractivity contribution in [2.75, 3.05) is 5.32 Å². The minimum absolute atomic E-state index is 0.00796. The normalized spacial score (nSPS) is 10.3. The van der Waals surface area contributed by atoms with Gasteiger partial charge in [-0.15, -0.1) is 11.3 Å². The van der Waals surface area contributed by atoms with E-state index in [1.165, 1.54) is 23.5 Å². The minimum atomic E-state index is -0.862. The molecule has 0 aliphatic heterocycles. The maximum atomic E-state index is 10.7. The number of halogens is 1. The summed E-state index contributed by atoms with van der Waals surface area (Å²) in [4.78, 5) is 22.5. The monoisotopic (exact) mass is 326 g/mol. The van der Waals surface area contributed by atoms with Gasteiger partial charge in [0.05, 0.1) is 11.3 Å². The van der Waals surface area contributed by atoms with Gasteiger partial charge in [0.1, 0.15) is 5.02 Å². The summed E-state index contributed by atoms with van der Waals surface area (Å²) in [5.74, 6) is -0.862. The molecular formula is C13H11ClN2O4S. The standard InChI is InChI=1S/C13H11ClN2O4S/c14-11-5-8(1-4-12(11)16(19)20)15-7-10-3-2-9(21-10)6-13(17)18/h1-5,15H,6-7H2,(H,17,18). The molecule has 6 nitrogen and oxygen atoms in total. The van der Waals surface area contributed by atoms with Gasteiger partial charge in [-0.3, -0.25) is 14.9 Å². The molecule has 0 aliphatic rings. The van der Waals surface area contributed by atoms with Crippen molar-refractivity contribution in [2.24, 2.45) is 0 Å². The highest BCUT2D eigenvalue weighted by Crippen LogP contribution is 2.27. The predicted octanol–water partition coefficient (Wildman–Crippen LogP) is 3.55. The van der Waals surface area contributed by atoms with Crippen molar-refractivity contribution < 1.29 is 14.8 Å². The van der Waals surface area contributed by atoms with Gasteiger partial charge in [0.15, 0.2) is 0 Å². The van der Waals surface area contributed by atoms with Gasteiger partial charge in [-0.1, -0.05) is 11.6 Å². The van der Waals surface area contributed by atoms with Crippen LogP contribution in [0.1, 0.15) is 9.75 Å². The Morgan fingerprint density at radius 1 is 1.33 bits per heavy atom. The summed E-state index contributed by atoms with van der Waals surface area (Å²) < 4.78 is 0. The zero-order chi connectivity index (χ0) is 15.4. The Hall–Kier alpha value is -2.12. The van der Waals surface area contributed by atoms with E-state index < -0.39 is 10.9 Å². The maximum absolute atomic E-state index is 10.7. The zero-order valence-electron chi connectivity index (χ0n) is 10.7. The molecule has 0 unspecified atom stereocenters. The van der Waals surface area contributed by atoms with Crippen molar-refractivity contribution in [3.63, 3.8) is 0 Å². The fourth-order valence-electron chi connectivity index (χ4n) is 1.72. The van der Waals surface area contributed by atoms with Crippen LogP contribution in [-0.2, 0) is 17.8 Å². The number of nitrogens with one attached hydrogen (secondary N) is 1. The SMILES string of the molecule is O=C(O)Cc1ccc(CNc2ccc([N+](=O)[O-])c(Cl)c2)s1. The molecule has 0 saturated heterocycles. The summed E-state index contributed by atoms with van der Waals surface area (Å²) in [7, 11) is 0. The number of benzene rings is 1. The highest BCUT2D eigenvalue weighted by Gasteiger charge is 2.12. The van der Waals surface area contributed by atoms with Crippen molar-refractivity contribution in [1.82, 2.24) is 0 Å². The fourth-order valence-corrected chi connectivity index (χ4v) is 2.91. The highest BCUT2D eigenvalue weighted by atomic mass is 35.5. The van der Waals surface area contributed by atoms with E-state index in [0.717, 1.165) is 9.75 Å². The lowest BCUT2D eigenvalue weighted by atomic mass is 10.3. The van der Waals surface area contributed by atoms with Crippen LogP contribution in [0.25, 0.3) is 0 Å². The number of carboxylic acids is 1. The first-order valence-electron chi connectivity index (χ1n) is 5.93. The molecule has 21 heavy (non-hydrogen) atoms. The first-order valence-corrected chi connectivity index (χ1v) is 7.12. The van der Waals surface area contributed by atoms with E-state index in [0.29, 0.717) is 12.2 Å². The van der Waals surface area contributed by atoms with Gasteiger partial charge >= 0.3 is 5.97 Å². The number of carbonyl (C=O) groups is 1. The molecule has 0 saturated carbocycles. The minimum Gasteiger partial charge on any atom is -0.481 e. The molecule has 2 rings (SSSR count). The van der Waals surface area contributed by atoms with Crippen LogP contribution in [0.5, 0.6) is 0 Å². The van der Waals surface area contributed by atoms with Gasteiger partial charge in [0.2, 0.25) is 0 Å². The molecule has 1 aromatic carbocycles. The lowest BCUT2D eigenvalue weighted by molar-refractivity contribution is -0.384. The smallest absolute Gasteiger partial charge is 0.308 e. The summed E-state index contributed by atoms with van der Waals surface area (Å²) in [6.45, 7) is 0.498. The third-order valence-electron chi connectivity index (χ3n) is 2.65. The number of nitro benzene ring substituents is 1. The van der Waals surface area contributed by atoms with E-state index in [-0.39, 0.29) is 17.1 Å². The molecule has 1 aromatic heterocycles. The molecule has 2 N–H and O–H groups in total. The van der Waals surface area contributed by atoms with Crippen molar-refractivity contribution in [2.45, 2.75) is 13.0 Å². The van der Waals surface area contributed by atoms with Gasteiger partial charge in [-0.2, -0.15) is 0 Å². The first kappa shape index (κ1) is 15.3. The Balaban J connectivity index is 1.99. The Morgan fingerprint density at radius 2 is 2.05 bits per heavy atom. The van der Waals surface area contributed by atoms with Crippen LogP contribution in [0.3, 0.4) is 0 Å². The Bertz CT molecular complexity index is 687. The predicted molar refractivity (Wildman–Crippen MR) is 81.1 cm³/mol. The van der Waals surface area contributed by atoms with Gasteiger partial charge in [0.25, 0.3) is 5.69 Å². The first-order chi connectivity index (χ1) is 9.95. The van der Waals surface area contributed by atoms with E-state index >= 15 is 0 Å². The van der Waals surface area contributed by atoms with Gasteiger partial charge in [-0.25, -0.2) is 0 Å². The largest absolute Gasteiger partial charge is 0.481 e. The molecule has 0 atom stereocenters. The van der Waals surface area contributed by atoms with Gasteiger partial charge in [-0.05, 0) is 24.3 Å². The molecule has 0 radical (unpaired) electrons. The molecule has 0 amide bonds. The fraction of sp³-hybridized carbons (Fsp3) is 0.154. The van der Waals surface area contributed by atoms with Crippen LogP contribution < -0.4 is 5.32 Å². The number of rotatable bonds is 6. The van der Waals surface area contributed by atoms with Gasteiger partial charge in [0, 0.05) is 28.1 Å². The van der Waals surface area contributed by atoms with Crippen LogP contribution >= 0.6 is 22.9 Å². The van der Waals surface area contributed by atoms with E-state index in [2.05, 4.69) is 5.32 Å². The Kier molecular flexibility index (Phi) is 4.77. The molecule has 0 fully saturated rings. The number of anilines is 1. The molecular weight excluding hydrogens is 316 g/mol. The second-order valence-corrected chi connectivity index (χ2v) is 5.88. The van der Waals surface area contributed by atoms with Gasteiger partial charge < -0.3 is 10.4 Å². The molecule has 0 spiro atoms. The third-order valence-corrected chi connectivity index (χ3v) is 4.04. The van der Waals surface area contributed by atoms with E-state index in [4.69, 9.17) is 16.7 Å². The van der Waals surface area contributed by atoms with Crippen LogP contribution in [0, 0.1) is 10.1 Å². The summed E-state index contributed by atoms with van der Waals surface area (Å²) >= 11 is 7.23. The highest BCUT2D eigenvalue weighted by molar-refractivity contribution is 7.12. The van der Waals surface area contributed by atoms with Crippen LogP contribution in [-0.4, -0.2) is 16.0 Å².